The maximum absolute atomic E-state index is 12.4. The molecule has 0 radical (unpaired) electrons. The van der Waals surface area contributed by atoms with E-state index in [-0.39, 0.29) is 17.1 Å². The van der Waals surface area contributed by atoms with Crippen LogP contribution >= 0.6 is 23.5 Å². The van der Waals surface area contributed by atoms with E-state index in [1.54, 1.807) is 40.9 Å². The molecule has 116 valence electrons. The highest BCUT2D eigenvalue weighted by molar-refractivity contribution is 8.00. The number of benzene rings is 1. The van der Waals surface area contributed by atoms with Gasteiger partial charge in [0.15, 0.2) is 0 Å². The van der Waals surface area contributed by atoms with Gasteiger partial charge in [-0.05, 0) is 37.4 Å². The maximum atomic E-state index is 12.4. The van der Waals surface area contributed by atoms with Crippen molar-refractivity contribution in [1.29, 1.82) is 5.26 Å². The quantitative estimate of drug-likeness (QED) is 0.913. The summed E-state index contributed by atoms with van der Waals surface area (Å²) in [6, 6.07) is 8.27. The van der Waals surface area contributed by atoms with Gasteiger partial charge >= 0.3 is 0 Å². The predicted molar refractivity (Wildman–Crippen MR) is 90.7 cm³/mol. The van der Waals surface area contributed by atoms with E-state index in [1.165, 1.54) is 11.8 Å². The highest BCUT2D eigenvalue weighted by Gasteiger charge is 2.36. The van der Waals surface area contributed by atoms with E-state index in [9.17, 15) is 9.59 Å². The van der Waals surface area contributed by atoms with Crippen LogP contribution in [0, 0.1) is 11.3 Å². The topological polar surface area (TPSA) is 73.2 Å². The molecule has 0 aromatic heterocycles. The molecule has 2 atom stereocenters. The fraction of sp³-hybridized carbons (Fsp3) is 0.400. The number of thioether (sulfide) groups is 2. The van der Waals surface area contributed by atoms with Gasteiger partial charge in [-0.25, -0.2) is 0 Å². The molecular formula is C15H17N3O2S2. The Balaban J connectivity index is 2.04. The number of carbonyl (C=O) groups excluding carboxylic acids is 2. The summed E-state index contributed by atoms with van der Waals surface area (Å²) in [4.78, 5) is 26.4. The van der Waals surface area contributed by atoms with Gasteiger partial charge in [0.2, 0.25) is 11.8 Å². The highest BCUT2D eigenvalue weighted by atomic mass is 32.2. The second-order valence-corrected chi connectivity index (χ2v) is 7.06. The van der Waals surface area contributed by atoms with Gasteiger partial charge in [-0.3, -0.25) is 9.59 Å². The van der Waals surface area contributed by atoms with E-state index in [0.29, 0.717) is 22.9 Å². The second kappa shape index (κ2) is 7.56. The van der Waals surface area contributed by atoms with E-state index in [2.05, 4.69) is 5.32 Å². The van der Waals surface area contributed by atoms with Crippen molar-refractivity contribution in [2.45, 2.75) is 18.2 Å². The molecule has 1 saturated heterocycles. The van der Waals surface area contributed by atoms with E-state index < -0.39 is 6.04 Å². The van der Waals surface area contributed by atoms with Gasteiger partial charge < -0.3 is 10.2 Å². The fourth-order valence-electron chi connectivity index (χ4n) is 2.07. The number of nitrogens with zero attached hydrogens (tertiary/aromatic N) is 2. The molecule has 1 aromatic carbocycles. The minimum absolute atomic E-state index is 0.00233. The van der Waals surface area contributed by atoms with Crippen molar-refractivity contribution in [1.82, 2.24) is 4.90 Å². The molecule has 1 aromatic rings. The zero-order valence-electron chi connectivity index (χ0n) is 12.4. The summed E-state index contributed by atoms with van der Waals surface area (Å²) >= 11 is 3.06. The van der Waals surface area contributed by atoms with Crippen molar-refractivity contribution in [2.75, 3.05) is 23.2 Å². The summed E-state index contributed by atoms with van der Waals surface area (Å²) in [5.74, 6) is 0.971. The number of carbonyl (C=O) groups is 2. The summed E-state index contributed by atoms with van der Waals surface area (Å²) in [5, 5.41) is 11.4. The summed E-state index contributed by atoms with van der Waals surface area (Å²) in [5.41, 5.74) is 1.17. The molecule has 2 amide bonds. The summed E-state index contributed by atoms with van der Waals surface area (Å²) < 4.78 is 0. The van der Waals surface area contributed by atoms with Gasteiger partial charge in [0.05, 0.1) is 22.8 Å². The molecule has 0 aliphatic carbocycles. The Labute approximate surface area is 138 Å². The summed E-state index contributed by atoms with van der Waals surface area (Å²) in [6.45, 7) is 1.85. The Bertz CT molecular complexity index is 598. The average molecular weight is 335 g/mol. The lowest BCUT2D eigenvalue weighted by Crippen LogP contribution is -2.47. The molecule has 1 fully saturated rings. The molecule has 2 rings (SSSR count). The first-order valence-corrected chi connectivity index (χ1v) is 9.23. The summed E-state index contributed by atoms with van der Waals surface area (Å²) in [7, 11) is 0. The number of anilines is 1. The largest absolute Gasteiger partial charge is 0.324 e. The SMILES string of the molecule is CS[C@@H](C)C(=O)N1CSC[C@@H]1C(=O)Nc1ccc(C#N)cc1. The molecule has 1 aliphatic heterocycles. The normalized spacial score (nSPS) is 18.6. The van der Waals surface area contributed by atoms with Crippen molar-refractivity contribution in [3.05, 3.63) is 29.8 Å². The van der Waals surface area contributed by atoms with Crippen LogP contribution in [0.15, 0.2) is 24.3 Å². The van der Waals surface area contributed by atoms with Crippen molar-refractivity contribution in [2.24, 2.45) is 0 Å². The standard InChI is InChI=1S/C15H17N3O2S2/c1-10(21-2)15(20)18-9-22-8-13(18)14(19)17-12-5-3-11(7-16)4-6-12/h3-6,10,13H,8-9H2,1-2H3,(H,17,19)/t10-,13+/m0/s1. The molecule has 1 aliphatic rings. The number of nitriles is 1. The Morgan fingerprint density at radius 3 is 2.73 bits per heavy atom. The van der Waals surface area contributed by atoms with E-state index >= 15 is 0 Å². The van der Waals surface area contributed by atoms with Crippen LogP contribution < -0.4 is 5.32 Å². The van der Waals surface area contributed by atoms with Gasteiger partial charge in [-0.1, -0.05) is 0 Å². The molecule has 5 nitrogen and oxygen atoms in total. The Morgan fingerprint density at radius 1 is 1.45 bits per heavy atom. The zero-order chi connectivity index (χ0) is 16.1. The average Bonchev–Trinajstić information content (AvgIpc) is 3.03. The van der Waals surface area contributed by atoms with Crippen LogP contribution in [-0.2, 0) is 9.59 Å². The van der Waals surface area contributed by atoms with Crippen LogP contribution in [0.3, 0.4) is 0 Å². The lowest BCUT2D eigenvalue weighted by Gasteiger charge is -2.25. The van der Waals surface area contributed by atoms with Crippen LogP contribution in [0.2, 0.25) is 0 Å². The minimum atomic E-state index is -0.442. The molecule has 0 unspecified atom stereocenters. The fourth-order valence-corrected chi connectivity index (χ4v) is 3.57. The van der Waals surface area contributed by atoms with Crippen LogP contribution in [0.25, 0.3) is 0 Å². The molecule has 1 N–H and O–H groups in total. The second-order valence-electron chi connectivity index (χ2n) is 4.88. The molecular weight excluding hydrogens is 318 g/mol. The van der Waals surface area contributed by atoms with E-state index in [1.807, 2.05) is 19.2 Å². The van der Waals surface area contributed by atoms with Crippen LogP contribution in [-0.4, -0.2) is 45.9 Å². The minimum Gasteiger partial charge on any atom is -0.324 e. The highest BCUT2D eigenvalue weighted by Crippen LogP contribution is 2.25. The summed E-state index contributed by atoms with van der Waals surface area (Å²) in [6.07, 6.45) is 1.89. The number of hydrogen-bond donors (Lipinski definition) is 1. The maximum Gasteiger partial charge on any atom is 0.248 e. The molecule has 0 spiro atoms. The first kappa shape index (κ1) is 16.7. The third kappa shape index (κ3) is 3.76. The molecule has 7 heteroatoms. The molecule has 0 bridgehead atoms. The third-order valence-electron chi connectivity index (χ3n) is 3.45. The lowest BCUT2D eigenvalue weighted by atomic mass is 10.2. The monoisotopic (exact) mass is 335 g/mol. The van der Waals surface area contributed by atoms with Gasteiger partial charge in [0, 0.05) is 11.4 Å². The van der Waals surface area contributed by atoms with Crippen molar-refractivity contribution >= 4 is 41.0 Å². The first-order valence-electron chi connectivity index (χ1n) is 6.79. The first-order chi connectivity index (χ1) is 10.6. The predicted octanol–water partition coefficient (Wildman–Crippen LogP) is 2.15. The van der Waals surface area contributed by atoms with Crippen LogP contribution in [0.4, 0.5) is 5.69 Å². The Hall–Kier alpha value is -1.65. The number of rotatable bonds is 4. The van der Waals surface area contributed by atoms with Crippen molar-refractivity contribution < 1.29 is 9.59 Å². The third-order valence-corrected chi connectivity index (χ3v) is 5.37. The van der Waals surface area contributed by atoms with E-state index in [0.717, 1.165) is 0 Å². The lowest BCUT2D eigenvalue weighted by molar-refractivity contribution is -0.135. The Morgan fingerprint density at radius 2 is 2.14 bits per heavy atom. The van der Waals surface area contributed by atoms with Gasteiger partial charge in [0.1, 0.15) is 6.04 Å². The molecule has 1 heterocycles. The number of hydrogen-bond acceptors (Lipinski definition) is 5. The molecule has 22 heavy (non-hydrogen) atoms. The number of amides is 2. The van der Waals surface area contributed by atoms with Crippen LogP contribution in [0.1, 0.15) is 12.5 Å². The van der Waals surface area contributed by atoms with Crippen molar-refractivity contribution in [3.8, 4) is 6.07 Å². The number of nitrogens with one attached hydrogen (secondary N) is 1. The van der Waals surface area contributed by atoms with Crippen molar-refractivity contribution in [3.63, 3.8) is 0 Å². The van der Waals surface area contributed by atoms with Crippen LogP contribution in [0.5, 0.6) is 0 Å². The molecule has 0 saturated carbocycles. The van der Waals surface area contributed by atoms with Gasteiger partial charge in [-0.2, -0.15) is 17.0 Å². The Kier molecular flexibility index (Phi) is 5.75. The zero-order valence-corrected chi connectivity index (χ0v) is 14.0. The van der Waals surface area contributed by atoms with Gasteiger partial charge in [0.25, 0.3) is 0 Å². The van der Waals surface area contributed by atoms with E-state index in [4.69, 9.17) is 5.26 Å². The smallest absolute Gasteiger partial charge is 0.248 e. The van der Waals surface area contributed by atoms with Gasteiger partial charge in [-0.15, -0.1) is 11.8 Å².